The van der Waals surface area contributed by atoms with E-state index >= 15 is 0 Å². The van der Waals surface area contributed by atoms with E-state index in [1.165, 1.54) is 6.26 Å². The number of rotatable bonds is 7. The normalized spacial score (nSPS) is 16.0. The molecule has 0 aromatic heterocycles. The van der Waals surface area contributed by atoms with Crippen molar-refractivity contribution in [2.75, 3.05) is 46.5 Å². The van der Waals surface area contributed by atoms with Crippen molar-refractivity contribution in [2.45, 2.75) is 19.3 Å². The Bertz CT molecular complexity index is 793. The van der Waals surface area contributed by atoms with Crippen molar-refractivity contribution in [1.82, 2.24) is 20.3 Å². The molecule has 0 aliphatic carbocycles. The summed E-state index contributed by atoms with van der Waals surface area (Å²) in [5, 5.41) is 9.24. The SMILES string of the molecule is CN=C(NCCc1cccc(C(=O)NC)c1)NCC1CCN(S(C)(=O)=O)CC1.I. The number of nitrogens with zero attached hydrogens (tertiary/aromatic N) is 2. The predicted molar refractivity (Wildman–Crippen MR) is 127 cm³/mol. The summed E-state index contributed by atoms with van der Waals surface area (Å²) in [6.07, 6.45) is 3.74. The number of piperidine rings is 1. The first kappa shape index (κ1) is 25.6. The van der Waals surface area contributed by atoms with Crippen LogP contribution in [0, 0.1) is 5.92 Å². The zero-order chi connectivity index (χ0) is 20.6. The molecule has 164 valence electrons. The first-order chi connectivity index (χ1) is 13.3. The maximum Gasteiger partial charge on any atom is 0.251 e. The van der Waals surface area contributed by atoms with E-state index in [0.29, 0.717) is 31.1 Å². The summed E-state index contributed by atoms with van der Waals surface area (Å²) in [6, 6.07) is 7.58. The lowest BCUT2D eigenvalue weighted by atomic mass is 9.98. The Morgan fingerprint density at radius 2 is 1.93 bits per heavy atom. The highest BCUT2D eigenvalue weighted by molar-refractivity contribution is 14.0. The van der Waals surface area contributed by atoms with E-state index in [1.54, 1.807) is 24.5 Å². The fourth-order valence-corrected chi connectivity index (χ4v) is 4.12. The highest BCUT2D eigenvalue weighted by atomic mass is 127. The number of sulfonamides is 1. The van der Waals surface area contributed by atoms with Crippen LogP contribution < -0.4 is 16.0 Å². The minimum absolute atomic E-state index is 0. The third-order valence-electron chi connectivity index (χ3n) is 4.95. The van der Waals surface area contributed by atoms with Crippen LogP contribution in [-0.2, 0) is 16.4 Å². The Hall–Kier alpha value is -1.40. The second kappa shape index (κ2) is 12.3. The lowest BCUT2D eigenvalue weighted by molar-refractivity contribution is 0.0963. The van der Waals surface area contributed by atoms with Gasteiger partial charge >= 0.3 is 0 Å². The molecule has 1 aliphatic heterocycles. The van der Waals surface area contributed by atoms with Gasteiger partial charge in [0.15, 0.2) is 5.96 Å². The second-order valence-corrected chi connectivity index (χ2v) is 9.00. The van der Waals surface area contributed by atoms with Crippen molar-refractivity contribution in [3.8, 4) is 0 Å². The number of carbonyl (C=O) groups is 1. The molecule has 0 atom stereocenters. The molecule has 0 bridgehead atoms. The summed E-state index contributed by atoms with van der Waals surface area (Å²) in [7, 11) is 0.270. The van der Waals surface area contributed by atoms with Crippen molar-refractivity contribution >= 4 is 45.9 Å². The van der Waals surface area contributed by atoms with Gasteiger partial charge in [0.1, 0.15) is 0 Å². The summed E-state index contributed by atoms with van der Waals surface area (Å²) in [6.45, 7) is 2.63. The van der Waals surface area contributed by atoms with E-state index in [9.17, 15) is 13.2 Å². The second-order valence-electron chi connectivity index (χ2n) is 7.01. The monoisotopic (exact) mass is 537 g/mol. The number of halogens is 1. The van der Waals surface area contributed by atoms with Gasteiger partial charge in [0, 0.05) is 45.8 Å². The van der Waals surface area contributed by atoms with Crippen molar-refractivity contribution in [3.63, 3.8) is 0 Å². The quantitative estimate of drug-likeness (QED) is 0.274. The number of amides is 1. The number of benzene rings is 1. The molecule has 0 radical (unpaired) electrons. The minimum Gasteiger partial charge on any atom is -0.356 e. The Kier molecular flexibility index (Phi) is 10.9. The van der Waals surface area contributed by atoms with Crippen LogP contribution in [0.3, 0.4) is 0 Å². The van der Waals surface area contributed by atoms with Gasteiger partial charge in [0.05, 0.1) is 6.26 Å². The van der Waals surface area contributed by atoms with Gasteiger partial charge in [0.2, 0.25) is 10.0 Å². The van der Waals surface area contributed by atoms with Gasteiger partial charge in [-0.1, -0.05) is 12.1 Å². The molecule has 8 nitrogen and oxygen atoms in total. The summed E-state index contributed by atoms with van der Waals surface area (Å²) in [5.74, 6) is 1.07. The summed E-state index contributed by atoms with van der Waals surface area (Å²) in [5.41, 5.74) is 1.74. The first-order valence-corrected chi connectivity index (χ1v) is 11.4. The van der Waals surface area contributed by atoms with Gasteiger partial charge in [0.25, 0.3) is 5.91 Å². The molecule has 1 aromatic rings. The van der Waals surface area contributed by atoms with Crippen LogP contribution in [0.4, 0.5) is 0 Å². The van der Waals surface area contributed by atoms with Crippen molar-refractivity contribution < 1.29 is 13.2 Å². The van der Waals surface area contributed by atoms with E-state index < -0.39 is 10.0 Å². The van der Waals surface area contributed by atoms with E-state index in [-0.39, 0.29) is 29.9 Å². The van der Waals surface area contributed by atoms with E-state index in [2.05, 4.69) is 20.9 Å². The van der Waals surface area contributed by atoms with Gasteiger partial charge in [-0.3, -0.25) is 9.79 Å². The number of nitrogens with one attached hydrogen (secondary N) is 3. The summed E-state index contributed by atoms with van der Waals surface area (Å²) < 4.78 is 24.7. The molecule has 1 saturated heterocycles. The molecule has 10 heteroatoms. The van der Waals surface area contributed by atoms with Gasteiger partial charge in [-0.05, 0) is 42.9 Å². The lowest BCUT2D eigenvalue weighted by Gasteiger charge is -2.30. The molecule has 1 amide bonds. The molecule has 0 spiro atoms. The molecule has 1 fully saturated rings. The summed E-state index contributed by atoms with van der Waals surface area (Å²) >= 11 is 0. The molecule has 1 aromatic carbocycles. The molecular weight excluding hydrogens is 505 g/mol. The van der Waals surface area contributed by atoms with Crippen molar-refractivity contribution in [2.24, 2.45) is 10.9 Å². The maximum absolute atomic E-state index is 11.7. The van der Waals surface area contributed by atoms with Crippen LogP contribution in [0.2, 0.25) is 0 Å². The molecule has 29 heavy (non-hydrogen) atoms. The van der Waals surface area contributed by atoms with Gasteiger partial charge in [-0.15, -0.1) is 24.0 Å². The maximum atomic E-state index is 11.7. The minimum atomic E-state index is -3.08. The van der Waals surface area contributed by atoms with E-state index in [4.69, 9.17) is 0 Å². The highest BCUT2D eigenvalue weighted by Crippen LogP contribution is 2.18. The Morgan fingerprint density at radius 1 is 1.24 bits per heavy atom. The zero-order valence-corrected chi connectivity index (χ0v) is 20.4. The zero-order valence-electron chi connectivity index (χ0n) is 17.3. The average Bonchev–Trinajstić information content (AvgIpc) is 2.69. The Labute approximate surface area is 191 Å². The molecule has 0 unspecified atom stereocenters. The number of hydrogen-bond donors (Lipinski definition) is 3. The first-order valence-electron chi connectivity index (χ1n) is 9.54. The Balaban J connectivity index is 0.00000420. The van der Waals surface area contributed by atoms with Gasteiger partial charge in [-0.25, -0.2) is 12.7 Å². The fraction of sp³-hybridized carbons (Fsp3) is 0.579. The number of hydrogen-bond acceptors (Lipinski definition) is 4. The van der Waals surface area contributed by atoms with Crippen LogP contribution in [0.15, 0.2) is 29.3 Å². The van der Waals surface area contributed by atoms with E-state index in [0.717, 1.165) is 37.3 Å². The average molecular weight is 537 g/mol. The lowest BCUT2D eigenvalue weighted by Crippen LogP contribution is -2.44. The predicted octanol–water partition coefficient (Wildman–Crippen LogP) is 1.04. The van der Waals surface area contributed by atoms with Crippen LogP contribution in [0.5, 0.6) is 0 Å². The van der Waals surface area contributed by atoms with Crippen LogP contribution in [-0.4, -0.2) is 71.1 Å². The molecule has 1 aliphatic rings. The number of carbonyl (C=O) groups excluding carboxylic acids is 1. The molecule has 3 N–H and O–H groups in total. The summed E-state index contributed by atoms with van der Waals surface area (Å²) in [4.78, 5) is 16.0. The highest BCUT2D eigenvalue weighted by Gasteiger charge is 2.24. The van der Waals surface area contributed by atoms with Crippen LogP contribution >= 0.6 is 24.0 Å². The topological polar surface area (TPSA) is 103 Å². The smallest absolute Gasteiger partial charge is 0.251 e. The van der Waals surface area contributed by atoms with Gasteiger partial charge in [-0.2, -0.15) is 0 Å². The molecule has 1 heterocycles. The number of guanidine groups is 1. The van der Waals surface area contributed by atoms with Crippen molar-refractivity contribution in [3.05, 3.63) is 35.4 Å². The third kappa shape index (κ3) is 8.47. The molecular formula is C19H32IN5O3S. The Morgan fingerprint density at radius 3 is 2.52 bits per heavy atom. The molecule has 2 rings (SSSR count). The van der Waals surface area contributed by atoms with Gasteiger partial charge < -0.3 is 16.0 Å². The number of aliphatic imine (C=N–C) groups is 1. The third-order valence-corrected chi connectivity index (χ3v) is 6.25. The van der Waals surface area contributed by atoms with Crippen molar-refractivity contribution in [1.29, 1.82) is 0 Å². The van der Waals surface area contributed by atoms with E-state index in [1.807, 2.05) is 18.2 Å². The largest absolute Gasteiger partial charge is 0.356 e. The fourth-order valence-electron chi connectivity index (χ4n) is 3.24. The van der Waals surface area contributed by atoms with Crippen LogP contribution in [0.25, 0.3) is 0 Å². The van der Waals surface area contributed by atoms with Crippen LogP contribution in [0.1, 0.15) is 28.8 Å². The standard InChI is InChI=1S/C19H31N5O3S.HI/c1-20-18(25)17-6-4-5-15(13-17)7-10-22-19(21-2)23-14-16-8-11-24(12-9-16)28(3,26)27;/h4-6,13,16H,7-12,14H2,1-3H3,(H,20,25)(H2,21,22,23);1H. The molecule has 0 saturated carbocycles.